The number of rotatable bonds is 3. The van der Waals surface area contributed by atoms with E-state index in [0.29, 0.717) is 18.7 Å². The minimum atomic E-state index is -0.0630. The molecule has 2 aliphatic heterocycles. The Hall–Kier alpha value is -2.63. The van der Waals surface area contributed by atoms with Crippen LogP contribution in [0.1, 0.15) is 35.8 Å². The molecule has 0 saturated carbocycles. The molecule has 0 aliphatic carbocycles. The molecule has 25 heavy (non-hydrogen) atoms. The Morgan fingerprint density at radius 1 is 1.32 bits per heavy atom. The zero-order valence-electron chi connectivity index (χ0n) is 14.3. The molecule has 2 saturated heterocycles. The largest absolute Gasteiger partial charge is 0.354 e. The van der Waals surface area contributed by atoms with Gasteiger partial charge in [0.1, 0.15) is 0 Å². The van der Waals surface area contributed by atoms with Crippen LogP contribution in [0.2, 0.25) is 0 Å². The standard InChI is InChI=1S/C19H22N4O2/c1-2-16-15(11-21-23(16)13-7-4-3-5-8-13)19(25)22-10-6-9-14-17(22)12-20-18(14)24/h3-5,7-8,11,14,17H,2,6,9-10,12H2,1H3,(H,20,24)/t14-,17-/m1/s1. The van der Waals surface area contributed by atoms with E-state index in [1.807, 2.05) is 46.8 Å². The molecule has 0 unspecified atom stereocenters. The molecule has 2 atom stereocenters. The second-order valence-electron chi connectivity index (χ2n) is 6.67. The molecule has 4 rings (SSSR count). The number of hydrogen-bond donors (Lipinski definition) is 1. The van der Waals surface area contributed by atoms with Crippen LogP contribution >= 0.6 is 0 Å². The Bertz CT molecular complexity index is 799. The zero-order chi connectivity index (χ0) is 17.4. The molecule has 2 aromatic rings. The van der Waals surface area contributed by atoms with Crippen LogP contribution in [0.4, 0.5) is 0 Å². The number of nitrogens with one attached hydrogen (secondary N) is 1. The van der Waals surface area contributed by atoms with Gasteiger partial charge in [0, 0.05) is 13.1 Å². The molecule has 0 radical (unpaired) electrons. The second-order valence-corrected chi connectivity index (χ2v) is 6.67. The third kappa shape index (κ3) is 2.62. The van der Waals surface area contributed by atoms with E-state index >= 15 is 0 Å². The number of nitrogens with zero attached hydrogens (tertiary/aromatic N) is 3. The lowest BCUT2D eigenvalue weighted by Gasteiger charge is -2.35. The predicted molar refractivity (Wildman–Crippen MR) is 93.5 cm³/mol. The van der Waals surface area contributed by atoms with Gasteiger partial charge in [0.05, 0.1) is 35.1 Å². The first kappa shape index (κ1) is 15.9. The van der Waals surface area contributed by atoms with Gasteiger partial charge in [-0.1, -0.05) is 25.1 Å². The van der Waals surface area contributed by atoms with Crippen LogP contribution < -0.4 is 5.32 Å². The first-order chi connectivity index (χ1) is 12.2. The number of likely N-dealkylation sites (tertiary alicyclic amines) is 1. The summed E-state index contributed by atoms with van der Waals surface area (Å²) in [5.74, 6) is 0.00960. The van der Waals surface area contributed by atoms with Gasteiger partial charge in [-0.15, -0.1) is 0 Å². The lowest BCUT2D eigenvalue weighted by molar-refractivity contribution is -0.123. The van der Waals surface area contributed by atoms with Crippen LogP contribution in [-0.2, 0) is 11.2 Å². The Labute approximate surface area is 146 Å². The molecular formula is C19H22N4O2. The molecule has 2 amide bonds. The highest BCUT2D eigenvalue weighted by Crippen LogP contribution is 2.29. The summed E-state index contributed by atoms with van der Waals surface area (Å²) in [5.41, 5.74) is 2.51. The zero-order valence-corrected chi connectivity index (χ0v) is 14.3. The van der Waals surface area contributed by atoms with Gasteiger partial charge < -0.3 is 10.2 Å². The van der Waals surface area contributed by atoms with Gasteiger partial charge in [0.2, 0.25) is 5.91 Å². The highest BCUT2D eigenvalue weighted by Gasteiger charge is 2.43. The highest BCUT2D eigenvalue weighted by molar-refractivity contribution is 5.96. The number of hydrogen-bond acceptors (Lipinski definition) is 3. The monoisotopic (exact) mass is 338 g/mol. The Balaban J connectivity index is 1.67. The number of para-hydroxylation sites is 1. The fourth-order valence-corrected chi connectivity index (χ4v) is 4.04. The van der Waals surface area contributed by atoms with E-state index < -0.39 is 0 Å². The van der Waals surface area contributed by atoms with Crippen molar-refractivity contribution in [2.45, 2.75) is 32.2 Å². The topological polar surface area (TPSA) is 67.2 Å². The molecule has 2 fully saturated rings. The van der Waals surface area contributed by atoms with Gasteiger partial charge in [0.25, 0.3) is 5.91 Å². The molecule has 3 heterocycles. The summed E-state index contributed by atoms with van der Waals surface area (Å²) >= 11 is 0. The predicted octanol–water partition coefficient (Wildman–Crippen LogP) is 1.79. The molecule has 0 spiro atoms. The minimum absolute atomic E-state index is 0.00905. The number of carbonyl (C=O) groups is 2. The maximum atomic E-state index is 13.2. The van der Waals surface area contributed by atoms with E-state index in [0.717, 1.165) is 30.6 Å². The van der Waals surface area contributed by atoms with Crippen LogP contribution in [0.5, 0.6) is 0 Å². The van der Waals surface area contributed by atoms with Crippen molar-refractivity contribution in [1.29, 1.82) is 0 Å². The fourth-order valence-electron chi connectivity index (χ4n) is 4.04. The van der Waals surface area contributed by atoms with Crippen LogP contribution in [0.3, 0.4) is 0 Å². The third-order valence-corrected chi connectivity index (χ3v) is 5.30. The minimum Gasteiger partial charge on any atom is -0.354 e. The highest BCUT2D eigenvalue weighted by atomic mass is 16.2. The van der Waals surface area contributed by atoms with E-state index in [9.17, 15) is 9.59 Å². The molecular weight excluding hydrogens is 316 g/mol. The third-order valence-electron chi connectivity index (χ3n) is 5.30. The fraction of sp³-hybridized carbons (Fsp3) is 0.421. The van der Waals surface area contributed by atoms with Crippen molar-refractivity contribution in [3.05, 3.63) is 47.8 Å². The van der Waals surface area contributed by atoms with Crippen molar-refractivity contribution in [2.75, 3.05) is 13.1 Å². The second kappa shape index (κ2) is 6.35. The van der Waals surface area contributed by atoms with E-state index in [-0.39, 0.29) is 23.8 Å². The summed E-state index contributed by atoms with van der Waals surface area (Å²) in [4.78, 5) is 27.0. The number of piperidine rings is 1. The van der Waals surface area contributed by atoms with Crippen LogP contribution in [-0.4, -0.2) is 45.6 Å². The summed E-state index contributed by atoms with van der Waals surface area (Å²) in [5, 5.41) is 7.36. The quantitative estimate of drug-likeness (QED) is 0.928. The molecule has 6 nitrogen and oxygen atoms in total. The number of carbonyl (C=O) groups excluding carboxylic acids is 2. The van der Waals surface area contributed by atoms with Crippen LogP contribution in [0.25, 0.3) is 5.69 Å². The lowest BCUT2D eigenvalue weighted by atomic mass is 9.91. The number of amides is 2. The van der Waals surface area contributed by atoms with Crippen molar-refractivity contribution < 1.29 is 9.59 Å². The van der Waals surface area contributed by atoms with Crippen molar-refractivity contribution >= 4 is 11.8 Å². The number of fused-ring (bicyclic) bond motifs is 1. The molecule has 1 aromatic heterocycles. The normalized spacial score (nSPS) is 22.6. The first-order valence-electron chi connectivity index (χ1n) is 8.91. The van der Waals surface area contributed by atoms with Gasteiger partial charge in [0.15, 0.2) is 0 Å². The molecule has 130 valence electrons. The SMILES string of the molecule is CCc1c(C(=O)N2CCC[C@H]3C(=O)NC[C@H]32)cnn1-c1ccccc1. The lowest BCUT2D eigenvalue weighted by Crippen LogP contribution is -2.48. The van der Waals surface area contributed by atoms with Crippen molar-refractivity contribution in [3.8, 4) is 5.69 Å². The maximum absolute atomic E-state index is 13.2. The summed E-state index contributed by atoms with van der Waals surface area (Å²) in [7, 11) is 0. The van der Waals surface area contributed by atoms with Gasteiger partial charge >= 0.3 is 0 Å². The van der Waals surface area contributed by atoms with E-state index in [4.69, 9.17) is 0 Å². The Kier molecular flexibility index (Phi) is 4.03. The number of aromatic nitrogens is 2. The summed E-state index contributed by atoms with van der Waals surface area (Å²) < 4.78 is 1.84. The van der Waals surface area contributed by atoms with E-state index in [2.05, 4.69) is 10.4 Å². The average molecular weight is 338 g/mol. The summed E-state index contributed by atoms with van der Waals surface area (Å²) in [6.45, 7) is 3.30. The number of benzene rings is 1. The first-order valence-corrected chi connectivity index (χ1v) is 8.91. The van der Waals surface area contributed by atoms with Crippen molar-refractivity contribution in [1.82, 2.24) is 20.0 Å². The van der Waals surface area contributed by atoms with Gasteiger partial charge in [-0.25, -0.2) is 4.68 Å². The molecule has 1 aromatic carbocycles. The van der Waals surface area contributed by atoms with Gasteiger partial charge in [-0.05, 0) is 31.4 Å². The molecule has 2 aliphatic rings. The summed E-state index contributed by atoms with van der Waals surface area (Å²) in [6.07, 6.45) is 4.12. The van der Waals surface area contributed by atoms with Crippen LogP contribution in [0.15, 0.2) is 36.5 Å². The summed E-state index contributed by atoms with van der Waals surface area (Å²) in [6, 6.07) is 9.82. The van der Waals surface area contributed by atoms with Crippen molar-refractivity contribution in [3.63, 3.8) is 0 Å². The van der Waals surface area contributed by atoms with Crippen molar-refractivity contribution in [2.24, 2.45) is 5.92 Å². The Morgan fingerprint density at radius 3 is 2.88 bits per heavy atom. The molecule has 0 bridgehead atoms. The van der Waals surface area contributed by atoms with Gasteiger partial charge in [-0.2, -0.15) is 5.10 Å². The van der Waals surface area contributed by atoms with Crippen LogP contribution in [0, 0.1) is 5.92 Å². The van der Waals surface area contributed by atoms with Gasteiger partial charge in [-0.3, -0.25) is 9.59 Å². The molecule has 1 N–H and O–H groups in total. The van der Waals surface area contributed by atoms with E-state index in [1.165, 1.54) is 0 Å². The van der Waals surface area contributed by atoms with E-state index in [1.54, 1.807) is 6.20 Å². The molecule has 6 heteroatoms. The Morgan fingerprint density at radius 2 is 2.12 bits per heavy atom. The average Bonchev–Trinajstić information content (AvgIpc) is 3.25. The smallest absolute Gasteiger partial charge is 0.257 e. The maximum Gasteiger partial charge on any atom is 0.257 e.